The zero-order chi connectivity index (χ0) is 11.3. The minimum Gasteiger partial charge on any atom is -0.304 e. The van der Waals surface area contributed by atoms with Gasteiger partial charge in [0.25, 0.3) is 0 Å². The summed E-state index contributed by atoms with van der Waals surface area (Å²) in [6.45, 7) is 0.301. The minimum absolute atomic E-state index is 0.261. The molecule has 0 aliphatic heterocycles. The van der Waals surface area contributed by atoms with Crippen LogP contribution < -0.4 is 5.90 Å². The number of nitrogens with two attached hydrogens (primary N) is 1. The first-order valence-corrected chi connectivity index (χ1v) is 4.47. The SMILES string of the molecule is NOCCc1cccc(CC(F)(F)F)c1. The van der Waals surface area contributed by atoms with Crippen molar-refractivity contribution in [3.05, 3.63) is 35.4 Å². The average Bonchev–Trinajstić information content (AvgIpc) is 2.12. The second-order valence-corrected chi connectivity index (χ2v) is 3.23. The van der Waals surface area contributed by atoms with Crippen molar-refractivity contribution in [3.63, 3.8) is 0 Å². The molecule has 0 atom stereocenters. The first-order valence-electron chi connectivity index (χ1n) is 4.47. The van der Waals surface area contributed by atoms with Gasteiger partial charge in [-0.15, -0.1) is 0 Å². The number of benzene rings is 1. The number of halogens is 3. The summed E-state index contributed by atoms with van der Waals surface area (Å²) in [4.78, 5) is 4.36. The van der Waals surface area contributed by atoms with E-state index in [-0.39, 0.29) is 5.56 Å². The smallest absolute Gasteiger partial charge is 0.304 e. The van der Waals surface area contributed by atoms with E-state index in [1.165, 1.54) is 12.1 Å². The Kier molecular flexibility index (Phi) is 4.11. The molecule has 0 spiro atoms. The maximum atomic E-state index is 12.1. The Bertz CT molecular complexity index is 312. The zero-order valence-electron chi connectivity index (χ0n) is 8.05. The van der Waals surface area contributed by atoms with Crippen molar-refractivity contribution in [3.8, 4) is 0 Å². The molecule has 0 heterocycles. The quantitative estimate of drug-likeness (QED) is 0.788. The fourth-order valence-corrected chi connectivity index (χ4v) is 1.30. The van der Waals surface area contributed by atoms with E-state index in [1.807, 2.05) is 0 Å². The minimum atomic E-state index is -4.16. The van der Waals surface area contributed by atoms with E-state index in [0.29, 0.717) is 13.0 Å². The third-order valence-corrected chi connectivity index (χ3v) is 1.90. The molecule has 5 heteroatoms. The summed E-state index contributed by atoms with van der Waals surface area (Å²) in [5.41, 5.74) is 1.05. The van der Waals surface area contributed by atoms with E-state index < -0.39 is 12.6 Å². The van der Waals surface area contributed by atoms with Gasteiger partial charge in [-0.05, 0) is 17.5 Å². The van der Waals surface area contributed by atoms with Crippen LogP contribution in [-0.2, 0) is 17.7 Å². The number of alkyl halides is 3. The molecule has 0 radical (unpaired) electrons. The molecule has 1 aromatic carbocycles. The number of rotatable bonds is 4. The van der Waals surface area contributed by atoms with E-state index in [2.05, 4.69) is 4.84 Å². The largest absolute Gasteiger partial charge is 0.393 e. The van der Waals surface area contributed by atoms with Crippen molar-refractivity contribution in [2.45, 2.75) is 19.0 Å². The van der Waals surface area contributed by atoms with E-state index in [9.17, 15) is 13.2 Å². The lowest BCUT2D eigenvalue weighted by atomic mass is 10.1. The molecule has 2 N–H and O–H groups in total. The van der Waals surface area contributed by atoms with Crippen molar-refractivity contribution in [1.29, 1.82) is 0 Å². The second-order valence-electron chi connectivity index (χ2n) is 3.23. The molecule has 15 heavy (non-hydrogen) atoms. The van der Waals surface area contributed by atoms with Crippen molar-refractivity contribution in [1.82, 2.24) is 0 Å². The van der Waals surface area contributed by atoms with Gasteiger partial charge in [0.1, 0.15) is 0 Å². The Hall–Kier alpha value is -1.07. The van der Waals surface area contributed by atoms with Gasteiger partial charge < -0.3 is 4.84 Å². The van der Waals surface area contributed by atoms with Crippen LogP contribution in [0.15, 0.2) is 24.3 Å². The predicted octanol–water partition coefficient (Wildman–Crippen LogP) is 2.22. The summed E-state index contributed by atoms with van der Waals surface area (Å²) < 4.78 is 36.2. The monoisotopic (exact) mass is 219 g/mol. The molecule has 0 bridgehead atoms. The van der Waals surface area contributed by atoms with Crippen LogP contribution in [0.5, 0.6) is 0 Å². The Labute approximate surface area is 85.8 Å². The van der Waals surface area contributed by atoms with Gasteiger partial charge in [-0.2, -0.15) is 13.2 Å². The van der Waals surface area contributed by atoms with Crippen LogP contribution in [0.3, 0.4) is 0 Å². The molecule has 2 nitrogen and oxygen atoms in total. The van der Waals surface area contributed by atoms with Crippen LogP contribution in [0.4, 0.5) is 13.2 Å². The topological polar surface area (TPSA) is 35.2 Å². The highest BCUT2D eigenvalue weighted by Crippen LogP contribution is 2.21. The molecule has 1 rings (SSSR count). The fourth-order valence-electron chi connectivity index (χ4n) is 1.30. The predicted molar refractivity (Wildman–Crippen MR) is 50.0 cm³/mol. The van der Waals surface area contributed by atoms with E-state index in [4.69, 9.17) is 5.90 Å². The maximum absolute atomic E-state index is 12.1. The summed E-state index contributed by atoms with van der Waals surface area (Å²) in [6, 6.07) is 6.33. The van der Waals surface area contributed by atoms with Crippen LogP contribution in [0.1, 0.15) is 11.1 Å². The summed E-state index contributed by atoms with van der Waals surface area (Å²) in [6.07, 6.45) is -4.55. The first kappa shape index (κ1) is 12.0. The molecule has 0 aliphatic rings. The first-order chi connectivity index (χ1) is 7.01. The molecule has 0 saturated carbocycles. The van der Waals surface area contributed by atoms with Gasteiger partial charge in [-0.3, -0.25) is 0 Å². The van der Waals surface area contributed by atoms with Crippen LogP contribution >= 0.6 is 0 Å². The van der Waals surface area contributed by atoms with Crippen LogP contribution in [0.25, 0.3) is 0 Å². The fraction of sp³-hybridized carbons (Fsp3) is 0.400. The molecular weight excluding hydrogens is 207 g/mol. The summed E-state index contributed by atoms with van der Waals surface area (Å²) in [5, 5.41) is 0. The lowest BCUT2D eigenvalue weighted by Crippen LogP contribution is -2.11. The highest BCUT2D eigenvalue weighted by Gasteiger charge is 2.27. The standard InChI is InChI=1S/C10H12F3NO/c11-10(12,13)7-9-3-1-2-8(6-9)4-5-15-14/h1-3,6H,4-5,7,14H2. The summed E-state index contributed by atoms with van der Waals surface area (Å²) in [7, 11) is 0. The van der Waals surface area contributed by atoms with Crippen LogP contribution in [-0.4, -0.2) is 12.8 Å². The van der Waals surface area contributed by atoms with Crippen LogP contribution in [0, 0.1) is 0 Å². The Morgan fingerprint density at radius 2 is 1.87 bits per heavy atom. The lowest BCUT2D eigenvalue weighted by molar-refractivity contribution is -0.127. The maximum Gasteiger partial charge on any atom is 0.393 e. The lowest BCUT2D eigenvalue weighted by Gasteiger charge is -2.07. The third kappa shape index (κ3) is 4.80. The molecule has 1 aromatic rings. The van der Waals surface area contributed by atoms with Crippen molar-refractivity contribution in [2.24, 2.45) is 5.90 Å². The molecule has 0 amide bonds. The van der Waals surface area contributed by atoms with Gasteiger partial charge >= 0.3 is 6.18 Å². The third-order valence-electron chi connectivity index (χ3n) is 1.90. The van der Waals surface area contributed by atoms with Crippen molar-refractivity contribution in [2.75, 3.05) is 6.61 Å². The molecular formula is C10H12F3NO. The van der Waals surface area contributed by atoms with Gasteiger partial charge in [0, 0.05) is 0 Å². The van der Waals surface area contributed by atoms with Gasteiger partial charge in [0.2, 0.25) is 0 Å². The molecule has 84 valence electrons. The van der Waals surface area contributed by atoms with Gasteiger partial charge in [-0.25, -0.2) is 5.90 Å². The molecule has 0 aliphatic carbocycles. The van der Waals surface area contributed by atoms with Gasteiger partial charge in [0.15, 0.2) is 0 Å². The average molecular weight is 219 g/mol. The normalized spacial score (nSPS) is 11.7. The number of hydrogen-bond donors (Lipinski definition) is 1. The molecule has 0 unspecified atom stereocenters. The molecule has 0 aromatic heterocycles. The van der Waals surface area contributed by atoms with Gasteiger partial charge in [-0.1, -0.05) is 24.3 Å². The van der Waals surface area contributed by atoms with Crippen molar-refractivity contribution < 1.29 is 18.0 Å². The second kappa shape index (κ2) is 5.14. The Morgan fingerprint density at radius 1 is 1.20 bits per heavy atom. The summed E-state index contributed by atoms with van der Waals surface area (Å²) >= 11 is 0. The Balaban J connectivity index is 2.66. The van der Waals surface area contributed by atoms with E-state index in [1.54, 1.807) is 12.1 Å². The highest BCUT2D eigenvalue weighted by molar-refractivity contribution is 5.24. The van der Waals surface area contributed by atoms with Gasteiger partial charge in [0.05, 0.1) is 13.0 Å². The highest BCUT2D eigenvalue weighted by atomic mass is 19.4. The van der Waals surface area contributed by atoms with E-state index in [0.717, 1.165) is 5.56 Å². The molecule has 0 saturated heterocycles. The zero-order valence-corrected chi connectivity index (χ0v) is 8.05. The molecule has 0 fully saturated rings. The van der Waals surface area contributed by atoms with Crippen LogP contribution in [0.2, 0.25) is 0 Å². The van der Waals surface area contributed by atoms with Crippen molar-refractivity contribution >= 4 is 0 Å². The number of hydrogen-bond acceptors (Lipinski definition) is 2. The summed E-state index contributed by atoms with van der Waals surface area (Å²) in [5.74, 6) is 4.84. The Morgan fingerprint density at radius 3 is 2.47 bits per heavy atom. The van der Waals surface area contributed by atoms with E-state index >= 15 is 0 Å².